The average molecular weight is 677 g/mol. The lowest BCUT2D eigenvalue weighted by molar-refractivity contribution is -0.150. The lowest BCUT2D eigenvalue weighted by Crippen LogP contribution is -2.45. The number of carbonyl (C=O) groups is 4. The maximum atomic E-state index is 16.4. The number of aliphatic hydroxyl groups is 1. The molecule has 1 N–H and O–H groups in total. The van der Waals surface area contributed by atoms with E-state index in [1.54, 1.807) is 32.7 Å². The molecule has 5 aliphatic heterocycles. The van der Waals surface area contributed by atoms with Gasteiger partial charge in [-0.3, -0.25) is 19.2 Å². The molecule has 0 saturated carbocycles. The molecule has 1 spiro atoms. The van der Waals surface area contributed by atoms with Crippen LogP contribution in [0.15, 0.2) is 42.5 Å². The Morgan fingerprint density at radius 2 is 1.60 bits per heavy atom. The van der Waals surface area contributed by atoms with Crippen LogP contribution in [0.3, 0.4) is 0 Å². The SMILES string of the molecule is C[C@@H]1[C@@H]([Si](C)(C)F)[C@H](CC(=O)N2CCC[C@H]2CO)O[C@@]12C(=O)N(Cc1ccc(N3CCCC3=O)cc1)c1ccc(N3CCCC3=O)cc12. The number of aliphatic hydroxyl groups excluding tert-OH is 1. The average Bonchev–Trinajstić information content (AvgIpc) is 3.88. The first-order chi connectivity index (χ1) is 22.9. The van der Waals surface area contributed by atoms with Crippen LogP contribution < -0.4 is 14.7 Å². The molecule has 5 atom stereocenters. The molecule has 4 saturated heterocycles. The van der Waals surface area contributed by atoms with Gasteiger partial charge in [0.25, 0.3) is 5.91 Å². The molecule has 4 fully saturated rings. The van der Waals surface area contributed by atoms with E-state index in [2.05, 4.69) is 0 Å². The second-order valence-electron chi connectivity index (χ2n) is 14.6. The number of nitrogens with zero attached hydrogens (tertiary/aromatic N) is 4. The van der Waals surface area contributed by atoms with Gasteiger partial charge in [-0.1, -0.05) is 19.1 Å². The number of halogens is 1. The molecule has 2 aromatic rings. The summed E-state index contributed by atoms with van der Waals surface area (Å²) in [5.74, 6) is -0.962. The zero-order valence-electron chi connectivity index (χ0n) is 28.0. The summed E-state index contributed by atoms with van der Waals surface area (Å²) in [5.41, 5.74) is 1.42. The fourth-order valence-corrected chi connectivity index (χ4v) is 11.5. The molecular formula is C36H45FN4O6Si. The van der Waals surface area contributed by atoms with Crippen LogP contribution >= 0.6 is 0 Å². The van der Waals surface area contributed by atoms with E-state index in [0.717, 1.165) is 36.9 Å². The Balaban J connectivity index is 1.26. The first kappa shape index (κ1) is 32.9. The van der Waals surface area contributed by atoms with E-state index in [-0.39, 0.29) is 49.2 Å². The summed E-state index contributed by atoms with van der Waals surface area (Å²) < 4.78 is 23.3. The Kier molecular flexibility index (Phi) is 8.48. The Labute approximate surface area is 282 Å². The second-order valence-corrected chi connectivity index (χ2v) is 18.4. The Bertz CT molecular complexity index is 1630. The van der Waals surface area contributed by atoms with Crippen LogP contribution in [-0.2, 0) is 36.1 Å². The normalized spacial score (nSPS) is 28.9. The zero-order chi connectivity index (χ0) is 34.0. The molecule has 256 valence electrons. The summed E-state index contributed by atoms with van der Waals surface area (Å²) in [5, 5.41) is 9.87. The van der Waals surface area contributed by atoms with Crippen molar-refractivity contribution < 1.29 is 33.1 Å². The number of likely N-dealkylation sites (tertiary alicyclic amines) is 1. The number of carbonyl (C=O) groups excluding carboxylic acids is 4. The fraction of sp³-hybridized carbons (Fsp3) is 0.556. The van der Waals surface area contributed by atoms with Crippen LogP contribution in [0.2, 0.25) is 18.6 Å². The molecule has 5 aliphatic rings. The van der Waals surface area contributed by atoms with Crippen molar-refractivity contribution in [3.63, 3.8) is 0 Å². The van der Waals surface area contributed by atoms with Gasteiger partial charge in [0.05, 0.1) is 37.4 Å². The van der Waals surface area contributed by atoms with Crippen molar-refractivity contribution in [1.29, 1.82) is 0 Å². The summed E-state index contributed by atoms with van der Waals surface area (Å²) in [7, 11) is -3.51. The first-order valence-electron chi connectivity index (χ1n) is 17.4. The van der Waals surface area contributed by atoms with Crippen molar-refractivity contribution in [2.75, 3.05) is 40.9 Å². The Morgan fingerprint density at radius 1 is 0.958 bits per heavy atom. The lowest BCUT2D eigenvalue weighted by Gasteiger charge is -2.31. The van der Waals surface area contributed by atoms with Gasteiger partial charge >= 0.3 is 0 Å². The molecule has 5 heterocycles. The van der Waals surface area contributed by atoms with Gasteiger partial charge in [0.2, 0.25) is 26.1 Å². The summed E-state index contributed by atoms with van der Waals surface area (Å²) in [6, 6.07) is 13.0. The highest BCUT2D eigenvalue weighted by molar-refractivity contribution is 6.72. The molecule has 0 radical (unpaired) electrons. The molecule has 0 unspecified atom stereocenters. The molecule has 7 rings (SSSR count). The number of hydrogen-bond acceptors (Lipinski definition) is 6. The third-order valence-electron chi connectivity index (χ3n) is 11.3. The van der Waals surface area contributed by atoms with Crippen molar-refractivity contribution in [3.8, 4) is 0 Å². The van der Waals surface area contributed by atoms with E-state index in [9.17, 15) is 24.3 Å². The minimum Gasteiger partial charge on any atom is -0.394 e. The van der Waals surface area contributed by atoms with Gasteiger partial charge in [0.15, 0.2) is 5.60 Å². The molecule has 4 amide bonds. The van der Waals surface area contributed by atoms with Gasteiger partial charge in [-0.25, -0.2) is 0 Å². The van der Waals surface area contributed by atoms with Crippen LogP contribution in [0, 0.1) is 5.92 Å². The second kappa shape index (κ2) is 12.4. The van der Waals surface area contributed by atoms with E-state index in [4.69, 9.17) is 4.74 Å². The summed E-state index contributed by atoms with van der Waals surface area (Å²) >= 11 is 0. The number of anilines is 3. The number of benzene rings is 2. The molecule has 0 aromatic heterocycles. The van der Waals surface area contributed by atoms with Gasteiger partial charge in [0.1, 0.15) is 0 Å². The highest BCUT2D eigenvalue weighted by Gasteiger charge is 2.67. The zero-order valence-corrected chi connectivity index (χ0v) is 29.0. The standard InChI is InChI=1S/C36H45FN4O6Si/c1-23-34(48(2,3)37)30(20-33(45)40-16-4-7-27(40)22-42)47-36(23)28-19-26(39-18-6-9-32(39)44)14-15-29(28)41(35(36)46)21-24-10-12-25(13-11-24)38-17-5-8-31(38)43/h10-15,19,23,27,30,34,42H,4-9,16-18,20-22H2,1-3H3/t23-,27+,30+,34-,36+/m1/s1. The van der Waals surface area contributed by atoms with E-state index in [1.807, 2.05) is 49.4 Å². The highest BCUT2D eigenvalue weighted by atomic mass is 28.4. The summed E-state index contributed by atoms with van der Waals surface area (Å²) in [6.45, 7) is 7.01. The molecule has 0 bridgehead atoms. The Hall–Kier alpha value is -3.61. The molecule has 12 heteroatoms. The van der Waals surface area contributed by atoms with Crippen LogP contribution in [0.25, 0.3) is 0 Å². The van der Waals surface area contributed by atoms with Crippen molar-refractivity contribution in [3.05, 3.63) is 53.6 Å². The van der Waals surface area contributed by atoms with Gasteiger partial charge in [0, 0.05) is 60.9 Å². The monoisotopic (exact) mass is 676 g/mol. The maximum absolute atomic E-state index is 16.4. The summed E-state index contributed by atoms with van der Waals surface area (Å²) in [6.07, 6.45) is 3.19. The number of hydrogen-bond donors (Lipinski definition) is 1. The van der Waals surface area contributed by atoms with Crippen molar-refractivity contribution in [1.82, 2.24) is 4.90 Å². The van der Waals surface area contributed by atoms with E-state index >= 15 is 4.11 Å². The number of fused-ring (bicyclic) bond motifs is 2. The minimum absolute atomic E-state index is 0.0184. The highest BCUT2D eigenvalue weighted by Crippen LogP contribution is 2.61. The molecular weight excluding hydrogens is 632 g/mol. The van der Waals surface area contributed by atoms with Crippen molar-refractivity contribution in [2.24, 2.45) is 5.92 Å². The molecule has 10 nitrogen and oxygen atoms in total. The fourth-order valence-electron chi connectivity index (χ4n) is 9.01. The third kappa shape index (κ3) is 5.36. The largest absolute Gasteiger partial charge is 0.394 e. The van der Waals surface area contributed by atoms with Gasteiger partial charge < -0.3 is 33.6 Å². The summed E-state index contributed by atoms with van der Waals surface area (Å²) in [4.78, 5) is 60.5. The Morgan fingerprint density at radius 3 is 2.21 bits per heavy atom. The van der Waals surface area contributed by atoms with E-state index in [1.165, 1.54) is 0 Å². The van der Waals surface area contributed by atoms with Crippen molar-refractivity contribution >= 4 is 49.1 Å². The molecule has 2 aromatic carbocycles. The third-order valence-corrected chi connectivity index (χ3v) is 13.7. The number of amides is 4. The topological polar surface area (TPSA) is 111 Å². The molecule has 48 heavy (non-hydrogen) atoms. The quantitative estimate of drug-likeness (QED) is 0.323. The van der Waals surface area contributed by atoms with Gasteiger partial charge in [-0.05, 0) is 74.7 Å². The van der Waals surface area contributed by atoms with E-state index in [0.29, 0.717) is 49.4 Å². The van der Waals surface area contributed by atoms with E-state index < -0.39 is 31.6 Å². The maximum Gasteiger partial charge on any atom is 0.264 e. The van der Waals surface area contributed by atoms with Crippen molar-refractivity contribution in [2.45, 2.75) is 94.8 Å². The van der Waals surface area contributed by atoms with Crippen LogP contribution in [0.1, 0.15) is 63.0 Å². The van der Waals surface area contributed by atoms with Gasteiger partial charge in [-0.15, -0.1) is 0 Å². The number of ether oxygens (including phenoxy) is 1. The van der Waals surface area contributed by atoms with Crippen LogP contribution in [-0.4, -0.2) is 80.4 Å². The van der Waals surface area contributed by atoms with Gasteiger partial charge in [-0.2, -0.15) is 0 Å². The van der Waals surface area contributed by atoms with Crippen LogP contribution in [0.5, 0.6) is 0 Å². The smallest absolute Gasteiger partial charge is 0.264 e. The first-order valence-corrected chi connectivity index (χ1v) is 20.3. The predicted octanol–water partition coefficient (Wildman–Crippen LogP) is 4.64. The predicted molar refractivity (Wildman–Crippen MR) is 182 cm³/mol. The minimum atomic E-state index is -3.51. The number of rotatable bonds is 8. The lowest BCUT2D eigenvalue weighted by atomic mass is 9.82. The van der Waals surface area contributed by atoms with Crippen LogP contribution in [0.4, 0.5) is 21.2 Å². The molecule has 0 aliphatic carbocycles.